The molecule has 0 unspecified atom stereocenters. The monoisotopic (exact) mass is 216 g/mol. The molecule has 1 aromatic carbocycles. The molecule has 0 heterocycles. The van der Waals surface area contributed by atoms with Gasteiger partial charge in [0.2, 0.25) is 0 Å². The molecular formula is C15H20O. The summed E-state index contributed by atoms with van der Waals surface area (Å²) in [4.78, 5) is 10.6. The predicted octanol–water partition coefficient (Wildman–Crippen LogP) is 4.48. The Bertz CT molecular complexity index is 346. The third-order valence-electron chi connectivity index (χ3n) is 2.62. The van der Waals surface area contributed by atoms with Crippen molar-refractivity contribution in [2.45, 2.75) is 39.5 Å². The zero-order valence-electron chi connectivity index (χ0n) is 10.2. The summed E-state index contributed by atoms with van der Waals surface area (Å²) in [5.41, 5.74) is 3.40. The summed E-state index contributed by atoms with van der Waals surface area (Å²) in [5.74, 6) is 0. The van der Waals surface area contributed by atoms with E-state index in [4.69, 9.17) is 0 Å². The normalized spacial score (nSPS) is 11.5. The lowest BCUT2D eigenvalue weighted by Gasteiger charge is -2.06. The summed E-state index contributed by atoms with van der Waals surface area (Å²) >= 11 is 0. The molecule has 0 fully saturated rings. The molecule has 1 nitrogen and oxygen atoms in total. The molecule has 1 aromatic rings. The smallest absolute Gasteiger partial charge is 0.150 e. The van der Waals surface area contributed by atoms with Crippen molar-refractivity contribution in [3.8, 4) is 0 Å². The number of hydrogen-bond acceptors (Lipinski definition) is 1. The minimum absolute atomic E-state index is 0.745. The van der Waals surface area contributed by atoms with Gasteiger partial charge in [-0.15, -0.1) is 0 Å². The van der Waals surface area contributed by atoms with Crippen LogP contribution in [0.15, 0.2) is 30.3 Å². The standard InChI is InChI=1S/C15H20O/c1-3-5-7-14(6-4-2)15-10-8-13(12-16)9-11-15/h7-12H,3-6H2,1-2H3/b14-7-. The van der Waals surface area contributed by atoms with Crippen molar-refractivity contribution in [2.24, 2.45) is 0 Å². The molecule has 1 rings (SSSR count). The second kappa shape index (κ2) is 7.00. The van der Waals surface area contributed by atoms with Gasteiger partial charge in [-0.3, -0.25) is 4.79 Å². The molecule has 0 amide bonds. The Morgan fingerprint density at radius 2 is 1.81 bits per heavy atom. The van der Waals surface area contributed by atoms with Crippen LogP contribution in [0, 0.1) is 0 Å². The third kappa shape index (κ3) is 3.65. The van der Waals surface area contributed by atoms with Crippen LogP contribution in [0.2, 0.25) is 0 Å². The maximum atomic E-state index is 10.6. The van der Waals surface area contributed by atoms with E-state index in [9.17, 15) is 4.79 Å². The van der Waals surface area contributed by atoms with Crippen LogP contribution in [-0.4, -0.2) is 6.29 Å². The average Bonchev–Trinajstić information content (AvgIpc) is 2.35. The Balaban J connectivity index is 2.87. The summed E-state index contributed by atoms with van der Waals surface area (Å²) in [7, 11) is 0. The summed E-state index contributed by atoms with van der Waals surface area (Å²) in [6, 6.07) is 7.86. The Morgan fingerprint density at radius 3 is 2.31 bits per heavy atom. The van der Waals surface area contributed by atoms with Crippen molar-refractivity contribution < 1.29 is 4.79 Å². The van der Waals surface area contributed by atoms with Crippen LogP contribution in [0.3, 0.4) is 0 Å². The molecule has 0 aromatic heterocycles. The SMILES string of the molecule is CCC/C=C(/CCC)c1ccc(C=O)cc1. The highest BCUT2D eigenvalue weighted by molar-refractivity contribution is 5.76. The lowest BCUT2D eigenvalue weighted by atomic mass is 9.99. The molecule has 86 valence electrons. The molecule has 0 aliphatic heterocycles. The molecule has 0 bridgehead atoms. The van der Waals surface area contributed by atoms with Crippen LogP contribution in [0.5, 0.6) is 0 Å². The average molecular weight is 216 g/mol. The largest absolute Gasteiger partial charge is 0.298 e. The van der Waals surface area contributed by atoms with Crippen molar-refractivity contribution in [1.29, 1.82) is 0 Å². The number of unbranched alkanes of at least 4 members (excludes halogenated alkanes) is 1. The topological polar surface area (TPSA) is 17.1 Å². The van der Waals surface area contributed by atoms with Gasteiger partial charge >= 0.3 is 0 Å². The van der Waals surface area contributed by atoms with Gasteiger partial charge in [0.1, 0.15) is 6.29 Å². The van der Waals surface area contributed by atoms with Gasteiger partial charge in [-0.1, -0.05) is 57.0 Å². The molecule has 0 saturated heterocycles. The quantitative estimate of drug-likeness (QED) is 0.641. The maximum absolute atomic E-state index is 10.6. The van der Waals surface area contributed by atoms with E-state index in [2.05, 4.69) is 19.9 Å². The number of allylic oxidation sites excluding steroid dienone is 2. The Hall–Kier alpha value is -1.37. The van der Waals surface area contributed by atoms with E-state index in [0.717, 1.165) is 31.1 Å². The molecule has 0 atom stereocenters. The van der Waals surface area contributed by atoms with E-state index >= 15 is 0 Å². The van der Waals surface area contributed by atoms with Crippen molar-refractivity contribution in [3.63, 3.8) is 0 Å². The fourth-order valence-electron chi connectivity index (χ4n) is 1.73. The lowest BCUT2D eigenvalue weighted by Crippen LogP contribution is -1.87. The summed E-state index contributed by atoms with van der Waals surface area (Å²) in [6.07, 6.45) is 7.79. The molecule has 0 saturated carbocycles. The van der Waals surface area contributed by atoms with Crippen LogP contribution >= 0.6 is 0 Å². The first-order chi connectivity index (χ1) is 7.81. The second-order valence-electron chi connectivity index (χ2n) is 4.01. The van der Waals surface area contributed by atoms with Crippen LogP contribution in [-0.2, 0) is 0 Å². The van der Waals surface area contributed by atoms with Gasteiger partial charge in [-0.25, -0.2) is 0 Å². The van der Waals surface area contributed by atoms with Gasteiger partial charge in [0.25, 0.3) is 0 Å². The third-order valence-corrected chi connectivity index (χ3v) is 2.62. The molecule has 0 aliphatic rings. The highest BCUT2D eigenvalue weighted by Crippen LogP contribution is 2.21. The minimum atomic E-state index is 0.745. The molecule has 0 N–H and O–H groups in total. The van der Waals surface area contributed by atoms with Crippen LogP contribution in [0.1, 0.15) is 55.5 Å². The van der Waals surface area contributed by atoms with Crippen molar-refractivity contribution in [3.05, 3.63) is 41.5 Å². The molecule has 1 heteroatoms. The van der Waals surface area contributed by atoms with Gasteiger partial charge < -0.3 is 0 Å². The molecule has 0 aliphatic carbocycles. The molecule has 0 spiro atoms. The fourth-order valence-corrected chi connectivity index (χ4v) is 1.73. The number of carbonyl (C=O) groups is 1. The summed E-state index contributed by atoms with van der Waals surface area (Å²) in [5, 5.41) is 0. The van der Waals surface area contributed by atoms with Gasteiger partial charge in [0, 0.05) is 5.56 Å². The van der Waals surface area contributed by atoms with E-state index in [0.29, 0.717) is 0 Å². The zero-order chi connectivity index (χ0) is 11.8. The van der Waals surface area contributed by atoms with Crippen LogP contribution in [0.25, 0.3) is 5.57 Å². The second-order valence-corrected chi connectivity index (χ2v) is 4.01. The fraction of sp³-hybridized carbons (Fsp3) is 0.400. The van der Waals surface area contributed by atoms with Crippen LogP contribution in [0.4, 0.5) is 0 Å². The first-order valence-corrected chi connectivity index (χ1v) is 6.06. The van der Waals surface area contributed by atoms with Crippen molar-refractivity contribution >= 4 is 11.9 Å². The molecule has 0 radical (unpaired) electrons. The Labute approximate surface area is 98.2 Å². The van der Waals surface area contributed by atoms with Crippen LogP contribution < -0.4 is 0 Å². The molecular weight excluding hydrogens is 196 g/mol. The van der Waals surface area contributed by atoms with E-state index < -0.39 is 0 Å². The molecule has 16 heavy (non-hydrogen) atoms. The number of benzene rings is 1. The highest BCUT2D eigenvalue weighted by Gasteiger charge is 2.00. The van der Waals surface area contributed by atoms with E-state index in [1.807, 2.05) is 24.3 Å². The summed E-state index contributed by atoms with van der Waals surface area (Å²) in [6.45, 7) is 4.38. The number of carbonyl (C=O) groups excluding carboxylic acids is 1. The van der Waals surface area contributed by atoms with Gasteiger partial charge in [0.05, 0.1) is 0 Å². The number of aldehydes is 1. The van der Waals surface area contributed by atoms with E-state index in [-0.39, 0.29) is 0 Å². The number of hydrogen-bond donors (Lipinski definition) is 0. The minimum Gasteiger partial charge on any atom is -0.298 e. The summed E-state index contributed by atoms with van der Waals surface area (Å²) < 4.78 is 0. The highest BCUT2D eigenvalue weighted by atomic mass is 16.1. The first-order valence-electron chi connectivity index (χ1n) is 6.06. The first kappa shape index (κ1) is 12.7. The number of rotatable bonds is 6. The Kier molecular flexibility index (Phi) is 5.55. The van der Waals surface area contributed by atoms with E-state index in [1.54, 1.807) is 0 Å². The predicted molar refractivity (Wildman–Crippen MR) is 69.6 cm³/mol. The maximum Gasteiger partial charge on any atom is 0.150 e. The zero-order valence-corrected chi connectivity index (χ0v) is 10.2. The van der Waals surface area contributed by atoms with Gasteiger partial charge in [-0.2, -0.15) is 0 Å². The Morgan fingerprint density at radius 1 is 1.12 bits per heavy atom. The van der Waals surface area contributed by atoms with Crippen molar-refractivity contribution in [1.82, 2.24) is 0 Å². The van der Waals surface area contributed by atoms with E-state index in [1.165, 1.54) is 17.6 Å². The van der Waals surface area contributed by atoms with Crippen molar-refractivity contribution in [2.75, 3.05) is 0 Å². The van der Waals surface area contributed by atoms with Gasteiger partial charge in [-0.05, 0) is 24.0 Å². The lowest BCUT2D eigenvalue weighted by molar-refractivity contribution is 0.112. The van der Waals surface area contributed by atoms with Gasteiger partial charge in [0.15, 0.2) is 0 Å².